The molecule has 3 atom stereocenters. The summed E-state index contributed by atoms with van der Waals surface area (Å²) in [6.45, 7) is 0.941. The molecule has 1 aliphatic heterocycles. The van der Waals surface area contributed by atoms with Gasteiger partial charge in [-0.3, -0.25) is 4.79 Å². The molecular weight excluding hydrogens is 348 g/mol. The lowest BCUT2D eigenvalue weighted by Crippen LogP contribution is -2.34. The van der Waals surface area contributed by atoms with E-state index in [0.717, 1.165) is 12.8 Å². The van der Waals surface area contributed by atoms with Gasteiger partial charge < -0.3 is 5.73 Å². The molecule has 2 aromatic rings. The van der Waals surface area contributed by atoms with Crippen LogP contribution in [0.3, 0.4) is 0 Å². The molecule has 1 saturated heterocycles. The molecule has 2 aliphatic rings. The number of hydrogen-bond donors (Lipinski definition) is 1. The highest BCUT2D eigenvalue weighted by molar-refractivity contribution is 7.89. The van der Waals surface area contributed by atoms with Crippen LogP contribution in [0.4, 0.5) is 0 Å². The van der Waals surface area contributed by atoms with Crippen LogP contribution >= 0.6 is 0 Å². The zero-order valence-corrected chi connectivity index (χ0v) is 15.2. The van der Waals surface area contributed by atoms with Crippen LogP contribution in [0.5, 0.6) is 0 Å². The van der Waals surface area contributed by atoms with Gasteiger partial charge in [0.25, 0.3) is 0 Å². The van der Waals surface area contributed by atoms with E-state index < -0.39 is 10.0 Å². The molecule has 2 aromatic carbocycles. The quantitative estimate of drug-likeness (QED) is 0.837. The average Bonchev–Trinajstić information content (AvgIpc) is 3.25. The number of hydrogen-bond acceptors (Lipinski definition) is 4. The van der Waals surface area contributed by atoms with Gasteiger partial charge in [-0.25, -0.2) is 8.42 Å². The summed E-state index contributed by atoms with van der Waals surface area (Å²) in [6, 6.07) is 15.3. The van der Waals surface area contributed by atoms with Crippen molar-refractivity contribution in [1.82, 2.24) is 4.31 Å². The largest absolute Gasteiger partial charge is 0.327 e. The fourth-order valence-corrected chi connectivity index (χ4v) is 5.95. The van der Waals surface area contributed by atoms with Crippen LogP contribution in [0.2, 0.25) is 0 Å². The third-order valence-corrected chi connectivity index (χ3v) is 7.55. The Hall–Kier alpha value is -2.02. The van der Waals surface area contributed by atoms with Crippen molar-refractivity contribution in [2.24, 2.45) is 17.6 Å². The molecule has 0 aromatic heterocycles. The maximum Gasteiger partial charge on any atom is 0.243 e. The van der Waals surface area contributed by atoms with Crippen LogP contribution in [-0.2, 0) is 10.0 Å². The molecule has 6 heteroatoms. The second kappa shape index (κ2) is 6.61. The van der Waals surface area contributed by atoms with Crippen molar-refractivity contribution in [3.63, 3.8) is 0 Å². The lowest BCUT2D eigenvalue weighted by molar-refractivity contribution is 0.103. The highest BCUT2D eigenvalue weighted by Crippen LogP contribution is 2.39. The van der Waals surface area contributed by atoms with Crippen molar-refractivity contribution < 1.29 is 13.2 Å². The van der Waals surface area contributed by atoms with E-state index in [1.807, 2.05) is 6.07 Å². The van der Waals surface area contributed by atoms with Crippen LogP contribution in [0.15, 0.2) is 59.5 Å². The number of carbonyl (C=O) groups excluding carboxylic acids is 1. The minimum Gasteiger partial charge on any atom is -0.327 e. The van der Waals surface area contributed by atoms with Crippen molar-refractivity contribution in [3.05, 3.63) is 65.7 Å². The maximum atomic E-state index is 13.3. The third-order valence-electron chi connectivity index (χ3n) is 5.66. The fraction of sp³-hybridized carbons (Fsp3) is 0.350. The Balaban J connectivity index is 1.69. The highest BCUT2D eigenvalue weighted by atomic mass is 32.2. The molecule has 2 fully saturated rings. The van der Waals surface area contributed by atoms with Crippen LogP contribution in [0.25, 0.3) is 0 Å². The molecule has 1 heterocycles. The molecule has 136 valence electrons. The minimum absolute atomic E-state index is 0.0707. The van der Waals surface area contributed by atoms with Gasteiger partial charge in [0.2, 0.25) is 10.0 Å². The molecule has 1 aliphatic carbocycles. The molecule has 0 amide bonds. The first-order chi connectivity index (χ1) is 12.5. The monoisotopic (exact) mass is 370 g/mol. The smallest absolute Gasteiger partial charge is 0.243 e. The first kappa shape index (κ1) is 17.4. The number of fused-ring (bicyclic) bond motifs is 1. The predicted molar refractivity (Wildman–Crippen MR) is 99.3 cm³/mol. The summed E-state index contributed by atoms with van der Waals surface area (Å²) >= 11 is 0. The van der Waals surface area contributed by atoms with E-state index in [1.165, 1.54) is 10.4 Å². The van der Waals surface area contributed by atoms with Crippen LogP contribution in [-0.4, -0.2) is 37.6 Å². The summed E-state index contributed by atoms with van der Waals surface area (Å²) in [5.41, 5.74) is 6.85. The van der Waals surface area contributed by atoms with Crippen molar-refractivity contribution in [2.75, 3.05) is 13.1 Å². The molecule has 5 nitrogen and oxygen atoms in total. The summed E-state index contributed by atoms with van der Waals surface area (Å²) < 4.78 is 28.0. The van der Waals surface area contributed by atoms with Gasteiger partial charge in [-0.15, -0.1) is 0 Å². The van der Waals surface area contributed by atoms with Crippen molar-refractivity contribution in [2.45, 2.75) is 23.8 Å². The first-order valence-corrected chi connectivity index (χ1v) is 10.4. The van der Waals surface area contributed by atoms with Crippen molar-refractivity contribution in [3.8, 4) is 0 Å². The third kappa shape index (κ3) is 2.88. The van der Waals surface area contributed by atoms with E-state index in [0.29, 0.717) is 24.6 Å². The molecular formula is C20H22N2O3S. The molecule has 26 heavy (non-hydrogen) atoms. The number of rotatable bonds is 4. The minimum atomic E-state index is -3.73. The second-order valence-electron chi connectivity index (χ2n) is 7.18. The van der Waals surface area contributed by atoms with Gasteiger partial charge in [0.1, 0.15) is 0 Å². The van der Waals surface area contributed by atoms with Gasteiger partial charge in [0.05, 0.1) is 4.90 Å². The Kier molecular flexibility index (Phi) is 4.42. The average molecular weight is 370 g/mol. The van der Waals surface area contributed by atoms with Gasteiger partial charge in [-0.1, -0.05) is 42.5 Å². The number of benzene rings is 2. The Labute approximate surface area is 153 Å². The topological polar surface area (TPSA) is 80.5 Å². The molecule has 0 radical (unpaired) electrons. The summed E-state index contributed by atoms with van der Waals surface area (Å²) in [5, 5.41) is 0. The molecule has 0 bridgehead atoms. The van der Waals surface area contributed by atoms with E-state index in [1.54, 1.807) is 42.5 Å². The van der Waals surface area contributed by atoms with E-state index in [4.69, 9.17) is 5.73 Å². The first-order valence-electron chi connectivity index (χ1n) is 8.93. The zero-order valence-electron chi connectivity index (χ0n) is 14.4. The standard InChI is InChI=1S/C20H22N2O3S/c21-18-11-10-15-12-22(13-17(15)18)26(24,25)19-9-5-4-8-16(19)20(23)14-6-2-1-3-7-14/h1-9,15,17-18H,10-13,21H2. The van der Waals surface area contributed by atoms with E-state index in [9.17, 15) is 13.2 Å². The molecule has 2 N–H and O–H groups in total. The summed E-state index contributed by atoms with van der Waals surface area (Å²) in [6.07, 6.45) is 1.94. The number of nitrogens with two attached hydrogens (primary N) is 1. The van der Waals surface area contributed by atoms with E-state index >= 15 is 0 Å². The SMILES string of the molecule is NC1CCC2CN(S(=O)(=O)c3ccccc3C(=O)c3ccccc3)CC12. The molecule has 3 unspecified atom stereocenters. The van der Waals surface area contributed by atoms with Crippen molar-refractivity contribution in [1.29, 1.82) is 0 Å². The second-order valence-corrected chi connectivity index (χ2v) is 9.08. The van der Waals surface area contributed by atoms with Crippen LogP contribution in [0, 0.1) is 11.8 Å². The Morgan fingerprint density at radius 2 is 1.65 bits per heavy atom. The van der Waals surface area contributed by atoms with Crippen LogP contribution in [0.1, 0.15) is 28.8 Å². The highest BCUT2D eigenvalue weighted by Gasteiger charge is 2.45. The lowest BCUT2D eigenvalue weighted by atomic mass is 9.98. The Bertz CT molecular complexity index is 927. The summed E-state index contributed by atoms with van der Waals surface area (Å²) in [4.78, 5) is 13.0. The molecule has 1 saturated carbocycles. The summed E-state index contributed by atoms with van der Waals surface area (Å²) in [5.74, 6) is 0.277. The normalized spacial score (nSPS) is 26.0. The van der Waals surface area contributed by atoms with Gasteiger partial charge in [-0.2, -0.15) is 4.31 Å². The fourth-order valence-electron chi connectivity index (χ4n) is 4.23. The van der Waals surface area contributed by atoms with Gasteiger partial charge in [0.15, 0.2) is 5.78 Å². The zero-order chi connectivity index (χ0) is 18.3. The van der Waals surface area contributed by atoms with Crippen molar-refractivity contribution >= 4 is 15.8 Å². The van der Waals surface area contributed by atoms with Gasteiger partial charge >= 0.3 is 0 Å². The predicted octanol–water partition coefficient (Wildman–Crippen LogP) is 2.28. The number of ketones is 1. The van der Waals surface area contributed by atoms with Gasteiger partial charge in [-0.05, 0) is 36.8 Å². The molecule has 0 spiro atoms. The lowest BCUT2D eigenvalue weighted by Gasteiger charge is -2.20. The van der Waals surface area contributed by atoms with E-state index in [2.05, 4.69) is 0 Å². The Morgan fingerprint density at radius 1 is 0.962 bits per heavy atom. The number of carbonyl (C=O) groups is 1. The number of nitrogens with zero attached hydrogens (tertiary/aromatic N) is 1. The summed E-state index contributed by atoms with van der Waals surface area (Å²) in [7, 11) is -3.73. The number of sulfonamides is 1. The van der Waals surface area contributed by atoms with E-state index in [-0.39, 0.29) is 28.2 Å². The van der Waals surface area contributed by atoms with Crippen LogP contribution < -0.4 is 5.73 Å². The molecule has 4 rings (SSSR count). The Morgan fingerprint density at radius 3 is 2.38 bits per heavy atom. The van der Waals surface area contributed by atoms with Gasteiger partial charge in [0, 0.05) is 30.3 Å². The maximum absolute atomic E-state index is 13.3.